The molecule has 4 rings (SSSR count). The van der Waals surface area contributed by atoms with E-state index >= 15 is 0 Å². The summed E-state index contributed by atoms with van der Waals surface area (Å²) in [5.74, 6) is -0.723. The van der Waals surface area contributed by atoms with Crippen molar-refractivity contribution in [3.63, 3.8) is 0 Å². The van der Waals surface area contributed by atoms with Crippen LogP contribution in [0.1, 0.15) is 45.4 Å². The molecular formula is C25H27N3O3. The van der Waals surface area contributed by atoms with Gasteiger partial charge in [-0.25, -0.2) is 4.79 Å². The first-order valence-corrected chi connectivity index (χ1v) is 10.5. The summed E-state index contributed by atoms with van der Waals surface area (Å²) in [5.41, 5.74) is 6.09. The number of esters is 1. The van der Waals surface area contributed by atoms with Crippen LogP contribution < -0.4 is 4.90 Å². The molecule has 1 amide bonds. The van der Waals surface area contributed by atoms with Crippen molar-refractivity contribution in [1.29, 1.82) is 0 Å². The molecule has 6 nitrogen and oxygen atoms in total. The minimum atomic E-state index is -0.877. The Morgan fingerprint density at radius 3 is 2.52 bits per heavy atom. The van der Waals surface area contributed by atoms with Crippen molar-refractivity contribution < 1.29 is 14.3 Å². The Morgan fingerprint density at radius 2 is 1.77 bits per heavy atom. The molecule has 160 valence electrons. The molecule has 0 N–H and O–H groups in total. The molecule has 1 aliphatic rings. The number of para-hydroxylation sites is 1. The summed E-state index contributed by atoms with van der Waals surface area (Å²) in [6.07, 6.45) is -0.0649. The molecule has 0 bridgehead atoms. The molecule has 0 aliphatic carbocycles. The fraction of sp³-hybridized carbons (Fsp3) is 0.320. The summed E-state index contributed by atoms with van der Waals surface area (Å²) in [6, 6.07) is 16.1. The lowest BCUT2D eigenvalue weighted by molar-refractivity contribution is -0.126. The standard InChI is InChI=1S/C25H27N3O3/c1-16-9-11-20(12-10-16)15-28-18(3)23(17(2)26-28)25(30)31-19(4)24(29)27-14-13-21-7-5-6-8-22(21)27/h5-12,19H,13-15H2,1-4H3/t19-/m0/s1. The maximum atomic E-state index is 12.9. The third kappa shape index (κ3) is 4.10. The van der Waals surface area contributed by atoms with Gasteiger partial charge in [0.15, 0.2) is 6.10 Å². The van der Waals surface area contributed by atoms with Gasteiger partial charge in [-0.05, 0) is 51.3 Å². The second-order valence-electron chi connectivity index (χ2n) is 8.11. The average Bonchev–Trinajstić information content (AvgIpc) is 3.29. The van der Waals surface area contributed by atoms with Gasteiger partial charge in [0.05, 0.1) is 17.9 Å². The Labute approximate surface area is 182 Å². The number of ether oxygens (including phenoxy) is 1. The van der Waals surface area contributed by atoms with Crippen molar-refractivity contribution in [1.82, 2.24) is 9.78 Å². The van der Waals surface area contributed by atoms with E-state index < -0.39 is 12.1 Å². The van der Waals surface area contributed by atoms with E-state index in [1.54, 1.807) is 23.4 Å². The SMILES string of the molecule is Cc1ccc(Cn2nc(C)c(C(=O)O[C@@H](C)C(=O)N3CCc4ccccc43)c2C)cc1. The number of carbonyl (C=O) groups excluding carboxylic acids is 2. The number of amides is 1. The van der Waals surface area contributed by atoms with Crippen LogP contribution in [0.15, 0.2) is 48.5 Å². The minimum absolute atomic E-state index is 0.208. The zero-order chi connectivity index (χ0) is 22.1. The Bertz CT molecular complexity index is 1130. The Morgan fingerprint density at radius 1 is 1.06 bits per heavy atom. The van der Waals surface area contributed by atoms with Crippen LogP contribution in [0.5, 0.6) is 0 Å². The van der Waals surface area contributed by atoms with Crippen LogP contribution in [-0.2, 0) is 22.5 Å². The number of fused-ring (bicyclic) bond motifs is 1. The van der Waals surface area contributed by atoms with E-state index in [9.17, 15) is 9.59 Å². The van der Waals surface area contributed by atoms with Gasteiger partial charge >= 0.3 is 5.97 Å². The highest BCUT2D eigenvalue weighted by Crippen LogP contribution is 2.28. The maximum absolute atomic E-state index is 12.9. The molecule has 0 radical (unpaired) electrons. The largest absolute Gasteiger partial charge is 0.449 e. The highest BCUT2D eigenvalue weighted by Gasteiger charge is 2.31. The number of nitrogens with zero attached hydrogens (tertiary/aromatic N) is 3. The third-order valence-electron chi connectivity index (χ3n) is 5.82. The van der Waals surface area contributed by atoms with Crippen molar-refractivity contribution in [3.8, 4) is 0 Å². The summed E-state index contributed by atoms with van der Waals surface area (Å²) in [7, 11) is 0. The summed E-state index contributed by atoms with van der Waals surface area (Å²) in [4.78, 5) is 27.6. The molecule has 31 heavy (non-hydrogen) atoms. The molecule has 0 fully saturated rings. The van der Waals surface area contributed by atoms with Crippen LogP contribution in [0.25, 0.3) is 0 Å². The molecule has 1 aliphatic heterocycles. The van der Waals surface area contributed by atoms with Crippen molar-refractivity contribution in [3.05, 3.63) is 82.2 Å². The smallest absolute Gasteiger partial charge is 0.342 e. The predicted octanol–water partition coefficient (Wildman–Crippen LogP) is 3.99. The first kappa shape index (κ1) is 20.8. The molecule has 2 aromatic carbocycles. The van der Waals surface area contributed by atoms with Gasteiger partial charge in [0.1, 0.15) is 5.56 Å². The quantitative estimate of drug-likeness (QED) is 0.589. The zero-order valence-corrected chi connectivity index (χ0v) is 18.4. The van der Waals surface area contributed by atoms with Gasteiger partial charge in [-0.15, -0.1) is 0 Å². The number of anilines is 1. The molecule has 0 unspecified atom stereocenters. The van der Waals surface area contributed by atoms with E-state index in [0.29, 0.717) is 24.3 Å². The Balaban J connectivity index is 1.48. The fourth-order valence-corrected chi connectivity index (χ4v) is 4.07. The lowest BCUT2D eigenvalue weighted by Gasteiger charge is -2.21. The summed E-state index contributed by atoms with van der Waals surface area (Å²) in [5, 5.41) is 4.53. The first-order valence-electron chi connectivity index (χ1n) is 10.5. The molecule has 3 aromatic rings. The highest BCUT2D eigenvalue weighted by atomic mass is 16.5. The minimum Gasteiger partial charge on any atom is -0.449 e. The van der Waals surface area contributed by atoms with E-state index in [1.165, 1.54) is 5.56 Å². The van der Waals surface area contributed by atoms with Gasteiger partial charge in [-0.1, -0.05) is 48.0 Å². The fourth-order valence-electron chi connectivity index (χ4n) is 4.07. The first-order chi connectivity index (χ1) is 14.8. The summed E-state index contributed by atoms with van der Waals surface area (Å²) in [6.45, 7) is 8.49. The number of hydrogen-bond donors (Lipinski definition) is 0. The van der Waals surface area contributed by atoms with Crippen LogP contribution >= 0.6 is 0 Å². The number of carbonyl (C=O) groups is 2. The molecule has 1 atom stereocenters. The van der Waals surface area contributed by atoms with Crippen molar-refractivity contribution in [2.45, 2.75) is 46.8 Å². The lowest BCUT2D eigenvalue weighted by atomic mass is 10.1. The molecule has 0 saturated carbocycles. The molecule has 6 heteroatoms. The third-order valence-corrected chi connectivity index (χ3v) is 5.82. The van der Waals surface area contributed by atoms with Gasteiger partial charge in [0.25, 0.3) is 5.91 Å². The Hall–Kier alpha value is -3.41. The van der Waals surface area contributed by atoms with Crippen LogP contribution in [-0.4, -0.2) is 34.3 Å². The van der Waals surface area contributed by atoms with Crippen molar-refractivity contribution in [2.24, 2.45) is 0 Å². The lowest BCUT2D eigenvalue weighted by Crippen LogP contribution is -2.39. The topological polar surface area (TPSA) is 64.4 Å². The van der Waals surface area contributed by atoms with E-state index in [2.05, 4.69) is 29.4 Å². The maximum Gasteiger partial charge on any atom is 0.342 e. The summed E-state index contributed by atoms with van der Waals surface area (Å²) < 4.78 is 7.39. The molecule has 0 spiro atoms. The predicted molar refractivity (Wildman–Crippen MR) is 119 cm³/mol. The van der Waals surface area contributed by atoms with Gasteiger partial charge in [0, 0.05) is 12.2 Å². The van der Waals surface area contributed by atoms with Gasteiger partial charge in [0.2, 0.25) is 0 Å². The van der Waals surface area contributed by atoms with E-state index in [1.807, 2.05) is 38.1 Å². The summed E-state index contributed by atoms with van der Waals surface area (Å²) >= 11 is 0. The second kappa shape index (κ2) is 8.38. The monoisotopic (exact) mass is 417 g/mol. The van der Waals surface area contributed by atoms with Gasteiger partial charge < -0.3 is 9.64 Å². The highest BCUT2D eigenvalue weighted by molar-refractivity contribution is 6.00. The van der Waals surface area contributed by atoms with Crippen LogP contribution in [0, 0.1) is 20.8 Å². The number of benzene rings is 2. The van der Waals surface area contributed by atoms with E-state index in [4.69, 9.17) is 4.74 Å². The number of aryl methyl sites for hydroxylation is 2. The molecule has 2 heterocycles. The number of hydrogen-bond acceptors (Lipinski definition) is 4. The van der Waals surface area contributed by atoms with Crippen LogP contribution in [0.4, 0.5) is 5.69 Å². The number of rotatable bonds is 5. The van der Waals surface area contributed by atoms with E-state index in [-0.39, 0.29) is 5.91 Å². The average molecular weight is 418 g/mol. The van der Waals surface area contributed by atoms with Gasteiger partial charge in [-0.3, -0.25) is 9.48 Å². The van der Waals surface area contributed by atoms with Gasteiger partial charge in [-0.2, -0.15) is 5.10 Å². The second-order valence-corrected chi connectivity index (χ2v) is 8.11. The van der Waals surface area contributed by atoms with Crippen LogP contribution in [0.2, 0.25) is 0 Å². The normalized spacial score (nSPS) is 13.7. The molecule has 1 aromatic heterocycles. The van der Waals surface area contributed by atoms with Crippen LogP contribution in [0.3, 0.4) is 0 Å². The van der Waals surface area contributed by atoms with E-state index in [0.717, 1.165) is 28.9 Å². The molecule has 0 saturated heterocycles. The Kier molecular flexibility index (Phi) is 5.63. The van der Waals surface area contributed by atoms with Crippen molar-refractivity contribution >= 4 is 17.6 Å². The zero-order valence-electron chi connectivity index (χ0n) is 18.4. The van der Waals surface area contributed by atoms with Crippen molar-refractivity contribution in [2.75, 3.05) is 11.4 Å². The molecular weight excluding hydrogens is 390 g/mol. The number of aromatic nitrogens is 2.